The Kier molecular flexibility index (Phi) is 6.30. The molecule has 0 aliphatic carbocycles. The molecular formula is C23H29ClN2O3. The van der Waals surface area contributed by atoms with Crippen molar-refractivity contribution >= 4 is 11.6 Å². The lowest BCUT2D eigenvalue weighted by Gasteiger charge is -2.40. The SMILES string of the molecule is NCC1OC(C2CCN(CCc3ccc(Cl)cc3)CC2)Cc2c1ccc(O)c2O. The monoisotopic (exact) mass is 416 g/mol. The van der Waals surface area contributed by atoms with Crippen molar-refractivity contribution in [3.8, 4) is 11.5 Å². The molecule has 0 saturated carbocycles. The molecule has 1 saturated heterocycles. The number of phenolic OH excluding ortho intramolecular Hbond substituents is 2. The molecular weight excluding hydrogens is 388 g/mol. The number of hydrogen-bond donors (Lipinski definition) is 3. The molecule has 2 heterocycles. The van der Waals surface area contributed by atoms with E-state index >= 15 is 0 Å². The molecule has 0 spiro atoms. The number of likely N-dealkylation sites (tertiary alicyclic amines) is 1. The van der Waals surface area contributed by atoms with Gasteiger partial charge in [-0.2, -0.15) is 0 Å². The Morgan fingerprint density at radius 1 is 1.07 bits per heavy atom. The normalized spacial score (nSPS) is 23.1. The molecule has 2 aromatic carbocycles. The Labute approximate surface area is 177 Å². The first-order chi connectivity index (χ1) is 14.0. The number of halogens is 1. The predicted molar refractivity (Wildman–Crippen MR) is 114 cm³/mol. The summed E-state index contributed by atoms with van der Waals surface area (Å²) in [5, 5.41) is 21.0. The minimum atomic E-state index is -0.224. The Bertz CT molecular complexity index is 835. The third-order valence-corrected chi connectivity index (χ3v) is 6.64. The van der Waals surface area contributed by atoms with Crippen LogP contribution in [0.4, 0.5) is 0 Å². The second-order valence-electron chi connectivity index (χ2n) is 8.16. The lowest BCUT2D eigenvalue weighted by atomic mass is 9.83. The molecule has 2 aliphatic rings. The average Bonchev–Trinajstić information content (AvgIpc) is 2.75. The van der Waals surface area contributed by atoms with Crippen molar-refractivity contribution in [3.63, 3.8) is 0 Å². The number of piperidine rings is 1. The summed E-state index contributed by atoms with van der Waals surface area (Å²) >= 11 is 5.96. The van der Waals surface area contributed by atoms with Crippen molar-refractivity contribution in [1.82, 2.24) is 4.90 Å². The summed E-state index contributed by atoms with van der Waals surface area (Å²) in [4.78, 5) is 2.51. The van der Waals surface area contributed by atoms with Gasteiger partial charge in [0.05, 0.1) is 12.2 Å². The first kappa shape index (κ1) is 20.5. The molecule has 2 atom stereocenters. The molecule has 0 amide bonds. The fraction of sp³-hybridized carbons (Fsp3) is 0.478. The molecule has 4 rings (SSSR count). The Morgan fingerprint density at radius 3 is 2.48 bits per heavy atom. The van der Waals surface area contributed by atoms with E-state index in [1.807, 2.05) is 18.2 Å². The van der Waals surface area contributed by atoms with Gasteiger partial charge in [0.2, 0.25) is 0 Å². The van der Waals surface area contributed by atoms with Crippen LogP contribution >= 0.6 is 11.6 Å². The maximum atomic E-state index is 10.3. The summed E-state index contributed by atoms with van der Waals surface area (Å²) in [6, 6.07) is 11.4. The second kappa shape index (κ2) is 8.92. The molecule has 5 nitrogen and oxygen atoms in total. The number of benzene rings is 2. The molecule has 2 aromatic rings. The maximum Gasteiger partial charge on any atom is 0.161 e. The third kappa shape index (κ3) is 4.53. The Hall–Kier alpha value is -1.79. The van der Waals surface area contributed by atoms with Crippen molar-refractivity contribution < 1.29 is 14.9 Å². The second-order valence-corrected chi connectivity index (χ2v) is 8.60. The van der Waals surface area contributed by atoms with Crippen molar-refractivity contribution in [2.45, 2.75) is 37.9 Å². The van der Waals surface area contributed by atoms with Gasteiger partial charge in [0.15, 0.2) is 11.5 Å². The van der Waals surface area contributed by atoms with E-state index in [-0.39, 0.29) is 23.7 Å². The van der Waals surface area contributed by atoms with Crippen molar-refractivity contribution in [1.29, 1.82) is 0 Å². The lowest BCUT2D eigenvalue weighted by Crippen LogP contribution is -2.42. The lowest BCUT2D eigenvalue weighted by molar-refractivity contribution is -0.0646. The number of phenols is 2. The molecule has 2 unspecified atom stereocenters. The van der Waals surface area contributed by atoms with E-state index in [1.165, 1.54) is 11.6 Å². The van der Waals surface area contributed by atoms with Gasteiger partial charge in [0.1, 0.15) is 0 Å². The predicted octanol–water partition coefficient (Wildman–Crippen LogP) is 3.65. The zero-order valence-electron chi connectivity index (χ0n) is 16.6. The average molecular weight is 417 g/mol. The quantitative estimate of drug-likeness (QED) is 0.648. The molecule has 1 fully saturated rings. The minimum Gasteiger partial charge on any atom is -0.504 e. The van der Waals surface area contributed by atoms with Crippen LogP contribution in [-0.4, -0.2) is 47.4 Å². The standard InChI is InChI=1S/C23H29ClN2O3/c24-17-3-1-15(2-4-17)7-10-26-11-8-16(9-12-26)21-13-19-18(22(14-25)29-21)5-6-20(27)23(19)28/h1-6,16,21-22,27-28H,7-14,25H2. The highest BCUT2D eigenvalue weighted by Gasteiger charge is 2.35. The number of nitrogens with zero attached hydrogens (tertiary/aromatic N) is 1. The molecule has 2 aliphatic heterocycles. The smallest absolute Gasteiger partial charge is 0.161 e. The number of ether oxygens (including phenoxy) is 1. The highest BCUT2D eigenvalue weighted by atomic mass is 35.5. The number of hydrogen-bond acceptors (Lipinski definition) is 5. The first-order valence-corrected chi connectivity index (χ1v) is 10.8. The Morgan fingerprint density at radius 2 is 1.79 bits per heavy atom. The van der Waals surface area contributed by atoms with E-state index in [2.05, 4.69) is 17.0 Å². The van der Waals surface area contributed by atoms with Crippen LogP contribution in [0.25, 0.3) is 0 Å². The molecule has 29 heavy (non-hydrogen) atoms. The molecule has 0 aromatic heterocycles. The largest absolute Gasteiger partial charge is 0.504 e. The summed E-state index contributed by atoms with van der Waals surface area (Å²) in [7, 11) is 0. The first-order valence-electron chi connectivity index (χ1n) is 10.4. The van der Waals surface area contributed by atoms with E-state index in [4.69, 9.17) is 22.1 Å². The summed E-state index contributed by atoms with van der Waals surface area (Å²) in [6.07, 6.45) is 3.59. The number of fused-ring (bicyclic) bond motifs is 1. The van der Waals surface area contributed by atoms with Gasteiger partial charge in [-0.3, -0.25) is 0 Å². The zero-order chi connectivity index (χ0) is 20.4. The summed E-state index contributed by atoms with van der Waals surface area (Å²) in [5.41, 5.74) is 8.94. The molecule has 0 bridgehead atoms. The van der Waals surface area contributed by atoms with Crippen LogP contribution in [0.3, 0.4) is 0 Å². The molecule has 6 heteroatoms. The van der Waals surface area contributed by atoms with E-state index < -0.39 is 0 Å². The minimum absolute atomic E-state index is 0.0188. The van der Waals surface area contributed by atoms with Crippen LogP contribution in [0, 0.1) is 5.92 Å². The van der Waals surface area contributed by atoms with Gasteiger partial charge >= 0.3 is 0 Å². The van der Waals surface area contributed by atoms with Crippen LogP contribution in [0.1, 0.15) is 35.6 Å². The van der Waals surface area contributed by atoms with Gasteiger partial charge in [0.25, 0.3) is 0 Å². The van der Waals surface area contributed by atoms with Crippen LogP contribution in [0.15, 0.2) is 36.4 Å². The fourth-order valence-electron chi connectivity index (χ4n) is 4.64. The van der Waals surface area contributed by atoms with Crippen LogP contribution in [0.5, 0.6) is 11.5 Å². The number of nitrogens with two attached hydrogens (primary N) is 1. The summed E-state index contributed by atoms with van der Waals surface area (Å²) in [6.45, 7) is 3.50. The molecule has 0 radical (unpaired) electrons. The van der Waals surface area contributed by atoms with E-state index in [0.29, 0.717) is 18.9 Å². The van der Waals surface area contributed by atoms with Gasteiger partial charge < -0.3 is 25.6 Å². The maximum absolute atomic E-state index is 10.3. The van der Waals surface area contributed by atoms with Gasteiger partial charge in [-0.1, -0.05) is 29.8 Å². The highest BCUT2D eigenvalue weighted by Crippen LogP contribution is 2.42. The van der Waals surface area contributed by atoms with Crippen LogP contribution < -0.4 is 5.73 Å². The van der Waals surface area contributed by atoms with E-state index in [1.54, 1.807) is 0 Å². The summed E-state index contributed by atoms with van der Waals surface area (Å²) in [5.74, 6) is 0.345. The topological polar surface area (TPSA) is 79.0 Å². The van der Waals surface area contributed by atoms with Crippen LogP contribution in [0.2, 0.25) is 5.02 Å². The zero-order valence-corrected chi connectivity index (χ0v) is 17.3. The van der Waals surface area contributed by atoms with E-state index in [9.17, 15) is 10.2 Å². The molecule has 156 valence electrons. The molecule has 4 N–H and O–H groups in total. The highest BCUT2D eigenvalue weighted by molar-refractivity contribution is 6.30. The fourth-order valence-corrected chi connectivity index (χ4v) is 4.76. The van der Waals surface area contributed by atoms with Crippen LogP contribution in [-0.2, 0) is 17.6 Å². The van der Waals surface area contributed by atoms with Crippen molar-refractivity contribution in [2.75, 3.05) is 26.2 Å². The van der Waals surface area contributed by atoms with Gasteiger partial charge in [-0.25, -0.2) is 0 Å². The van der Waals surface area contributed by atoms with Gasteiger partial charge in [-0.05, 0) is 67.6 Å². The Balaban J connectivity index is 1.35. The van der Waals surface area contributed by atoms with Crippen molar-refractivity contribution in [2.24, 2.45) is 11.7 Å². The number of aromatic hydroxyl groups is 2. The van der Waals surface area contributed by atoms with Gasteiger partial charge in [0, 0.05) is 30.1 Å². The third-order valence-electron chi connectivity index (χ3n) is 6.39. The number of rotatable bonds is 5. The van der Waals surface area contributed by atoms with Crippen molar-refractivity contribution in [3.05, 3.63) is 58.1 Å². The van der Waals surface area contributed by atoms with Gasteiger partial charge in [-0.15, -0.1) is 0 Å². The van der Waals surface area contributed by atoms with E-state index in [0.717, 1.165) is 55.0 Å². The summed E-state index contributed by atoms with van der Waals surface area (Å²) < 4.78 is 6.32.